The van der Waals surface area contributed by atoms with Gasteiger partial charge in [0.15, 0.2) is 5.65 Å². The highest BCUT2D eigenvalue weighted by molar-refractivity contribution is 5.41. The molecule has 17 heavy (non-hydrogen) atoms. The smallest absolute Gasteiger partial charge is 0.218 e. The molecule has 1 aliphatic rings. The van der Waals surface area contributed by atoms with Gasteiger partial charge in [0.1, 0.15) is 0 Å². The van der Waals surface area contributed by atoms with Crippen LogP contribution in [0.1, 0.15) is 24.5 Å². The fraction of sp³-hybridized carbons (Fsp3) is 0.500. The van der Waals surface area contributed by atoms with Gasteiger partial charge in [-0.1, -0.05) is 0 Å². The zero-order chi connectivity index (χ0) is 11.7. The quantitative estimate of drug-likeness (QED) is 0.845. The third kappa shape index (κ3) is 1.86. The second-order valence-electron chi connectivity index (χ2n) is 4.39. The predicted molar refractivity (Wildman–Crippen MR) is 64.4 cm³/mol. The Morgan fingerprint density at radius 3 is 3.18 bits per heavy atom. The van der Waals surface area contributed by atoms with Gasteiger partial charge in [-0.05, 0) is 19.4 Å². The van der Waals surface area contributed by atoms with Crippen molar-refractivity contribution in [2.45, 2.75) is 18.8 Å². The van der Waals surface area contributed by atoms with Crippen LogP contribution in [0.5, 0.6) is 5.88 Å². The van der Waals surface area contributed by atoms with E-state index in [2.05, 4.69) is 21.5 Å². The number of aromatic nitrogens is 3. The van der Waals surface area contributed by atoms with Crippen molar-refractivity contribution >= 4 is 5.65 Å². The summed E-state index contributed by atoms with van der Waals surface area (Å²) < 4.78 is 7.23. The van der Waals surface area contributed by atoms with Crippen molar-refractivity contribution in [3.05, 3.63) is 24.3 Å². The van der Waals surface area contributed by atoms with Crippen molar-refractivity contribution in [1.82, 2.24) is 19.7 Å². The van der Waals surface area contributed by atoms with E-state index in [1.165, 1.54) is 12.8 Å². The lowest BCUT2D eigenvalue weighted by atomic mass is 9.97. The minimum Gasteiger partial charge on any atom is -0.481 e. The first-order chi connectivity index (χ1) is 8.38. The molecule has 90 valence electrons. The van der Waals surface area contributed by atoms with Crippen LogP contribution in [0.25, 0.3) is 5.65 Å². The number of piperidine rings is 1. The minimum atomic E-state index is 0.508. The molecule has 1 aliphatic heterocycles. The van der Waals surface area contributed by atoms with E-state index in [1.54, 1.807) is 19.5 Å². The largest absolute Gasteiger partial charge is 0.481 e. The summed E-state index contributed by atoms with van der Waals surface area (Å²) in [5.74, 6) is 1.23. The second kappa shape index (κ2) is 4.33. The van der Waals surface area contributed by atoms with Crippen molar-refractivity contribution in [2.24, 2.45) is 0 Å². The zero-order valence-electron chi connectivity index (χ0n) is 9.89. The fourth-order valence-corrected chi connectivity index (χ4v) is 2.36. The molecule has 1 atom stereocenters. The van der Waals surface area contributed by atoms with Crippen molar-refractivity contribution < 1.29 is 4.74 Å². The van der Waals surface area contributed by atoms with Gasteiger partial charge in [-0.2, -0.15) is 0 Å². The Hall–Kier alpha value is -1.62. The lowest BCUT2D eigenvalue weighted by molar-refractivity contribution is 0.390. The average Bonchev–Trinajstić information content (AvgIpc) is 2.83. The third-order valence-corrected chi connectivity index (χ3v) is 3.29. The highest BCUT2D eigenvalue weighted by Crippen LogP contribution is 2.24. The summed E-state index contributed by atoms with van der Waals surface area (Å²) in [6, 6.07) is 0. The van der Waals surface area contributed by atoms with Crippen LogP contribution >= 0.6 is 0 Å². The van der Waals surface area contributed by atoms with E-state index in [9.17, 15) is 0 Å². The highest BCUT2D eigenvalue weighted by Gasteiger charge is 2.18. The number of fused-ring (bicyclic) bond motifs is 1. The molecule has 0 radical (unpaired) electrons. The van der Waals surface area contributed by atoms with E-state index in [-0.39, 0.29) is 0 Å². The van der Waals surface area contributed by atoms with Crippen molar-refractivity contribution in [3.63, 3.8) is 0 Å². The van der Waals surface area contributed by atoms with E-state index in [1.807, 2.05) is 4.40 Å². The Labute approximate surface area is 99.8 Å². The summed E-state index contributed by atoms with van der Waals surface area (Å²) in [6.45, 7) is 2.13. The molecule has 0 amide bonds. The Kier molecular flexibility index (Phi) is 2.68. The first kappa shape index (κ1) is 10.5. The van der Waals surface area contributed by atoms with Crippen LogP contribution in [0.4, 0.5) is 0 Å². The normalized spacial score (nSPS) is 20.6. The van der Waals surface area contributed by atoms with Crippen LogP contribution in [0, 0.1) is 0 Å². The molecule has 2 aromatic rings. The maximum atomic E-state index is 5.27. The molecule has 0 spiro atoms. The molecule has 1 saturated heterocycles. The van der Waals surface area contributed by atoms with E-state index in [0.29, 0.717) is 5.92 Å². The molecule has 3 heterocycles. The summed E-state index contributed by atoms with van der Waals surface area (Å²) in [5.41, 5.74) is 1.98. The summed E-state index contributed by atoms with van der Waals surface area (Å²) in [4.78, 5) is 8.74. The first-order valence-electron chi connectivity index (χ1n) is 5.96. The minimum absolute atomic E-state index is 0.508. The molecule has 5 heteroatoms. The Morgan fingerprint density at radius 2 is 2.41 bits per heavy atom. The van der Waals surface area contributed by atoms with E-state index < -0.39 is 0 Å². The van der Waals surface area contributed by atoms with Gasteiger partial charge in [-0.3, -0.25) is 9.38 Å². The SMILES string of the molecule is COc1cncc2nc(C3CCCNC3)cn12. The number of methoxy groups -OCH3 is 1. The van der Waals surface area contributed by atoms with Gasteiger partial charge in [0, 0.05) is 18.7 Å². The molecular formula is C12H16N4O. The predicted octanol–water partition coefficient (Wildman–Crippen LogP) is 1.20. The summed E-state index contributed by atoms with van der Waals surface area (Å²) >= 11 is 0. The molecule has 0 aliphatic carbocycles. The molecule has 0 aromatic carbocycles. The van der Waals surface area contributed by atoms with Crippen LogP contribution in [0.3, 0.4) is 0 Å². The van der Waals surface area contributed by atoms with Gasteiger partial charge >= 0.3 is 0 Å². The van der Waals surface area contributed by atoms with Crippen LogP contribution in [-0.2, 0) is 0 Å². The molecule has 0 saturated carbocycles. The van der Waals surface area contributed by atoms with Gasteiger partial charge in [-0.15, -0.1) is 0 Å². The number of imidazole rings is 1. The van der Waals surface area contributed by atoms with E-state index in [4.69, 9.17) is 4.74 Å². The average molecular weight is 232 g/mol. The Morgan fingerprint density at radius 1 is 1.47 bits per heavy atom. The van der Waals surface area contributed by atoms with Crippen molar-refractivity contribution in [2.75, 3.05) is 20.2 Å². The third-order valence-electron chi connectivity index (χ3n) is 3.29. The molecule has 1 unspecified atom stereocenters. The summed E-state index contributed by atoms with van der Waals surface area (Å²) in [6.07, 6.45) is 7.95. The van der Waals surface area contributed by atoms with E-state index >= 15 is 0 Å². The second-order valence-corrected chi connectivity index (χ2v) is 4.39. The fourth-order valence-electron chi connectivity index (χ4n) is 2.36. The van der Waals surface area contributed by atoms with Gasteiger partial charge in [0.2, 0.25) is 5.88 Å². The Balaban J connectivity index is 2.00. The maximum absolute atomic E-state index is 5.27. The number of rotatable bonds is 2. The molecule has 0 bridgehead atoms. The number of hydrogen-bond acceptors (Lipinski definition) is 4. The number of ether oxygens (including phenoxy) is 1. The molecule has 2 aromatic heterocycles. The molecule has 5 nitrogen and oxygen atoms in total. The van der Waals surface area contributed by atoms with Gasteiger partial charge in [-0.25, -0.2) is 4.98 Å². The first-order valence-corrected chi connectivity index (χ1v) is 5.96. The number of hydrogen-bond donors (Lipinski definition) is 1. The standard InChI is InChI=1S/C12H16N4O/c1-17-12-7-14-6-11-15-10(8-16(11)12)9-3-2-4-13-5-9/h6-9,13H,2-5H2,1H3. The van der Waals surface area contributed by atoms with E-state index in [0.717, 1.165) is 30.3 Å². The Bertz CT molecular complexity index is 516. The van der Waals surface area contributed by atoms with Crippen LogP contribution in [0.2, 0.25) is 0 Å². The monoisotopic (exact) mass is 232 g/mol. The molecule has 1 fully saturated rings. The number of nitrogens with one attached hydrogen (secondary N) is 1. The molecule has 1 N–H and O–H groups in total. The van der Waals surface area contributed by atoms with Crippen LogP contribution in [0.15, 0.2) is 18.6 Å². The highest BCUT2D eigenvalue weighted by atomic mass is 16.5. The van der Waals surface area contributed by atoms with Crippen molar-refractivity contribution in [3.8, 4) is 5.88 Å². The summed E-state index contributed by atoms with van der Waals surface area (Å²) in [5, 5.41) is 3.41. The molecule has 3 rings (SSSR count). The maximum Gasteiger partial charge on any atom is 0.218 e. The van der Waals surface area contributed by atoms with Gasteiger partial charge in [0.05, 0.1) is 25.2 Å². The number of nitrogens with zero attached hydrogens (tertiary/aromatic N) is 3. The molecular weight excluding hydrogens is 216 g/mol. The topological polar surface area (TPSA) is 51.5 Å². The van der Waals surface area contributed by atoms with Crippen molar-refractivity contribution in [1.29, 1.82) is 0 Å². The van der Waals surface area contributed by atoms with Crippen LogP contribution < -0.4 is 10.1 Å². The lowest BCUT2D eigenvalue weighted by Gasteiger charge is -2.20. The van der Waals surface area contributed by atoms with Gasteiger partial charge < -0.3 is 10.1 Å². The van der Waals surface area contributed by atoms with Gasteiger partial charge in [0.25, 0.3) is 0 Å². The van der Waals surface area contributed by atoms with Crippen LogP contribution in [-0.4, -0.2) is 34.6 Å². The zero-order valence-corrected chi connectivity index (χ0v) is 9.89. The lowest BCUT2D eigenvalue weighted by Crippen LogP contribution is -2.28. The summed E-state index contributed by atoms with van der Waals surface area (Å²) in [7, 11) is 1.65.